The molecule has 1 aromatic carbocycles. The van der Waals surface area contributed by atoms with Gasteiger partial charge in [-0.1, -0.05) is 27.5 Å². The summed E-state index contributed by atoms with van der Waals surface area (Å²) >= 11 is 10.6. The van der Waals surface area contributed by atoms with Crippen molar-refractivity contribution >= 4 is 61.7 Å². The van der Waals surface area contributed by atoms with Gasteiger partial charge in [-0.25, -0.2) is 9.59 Å². The van der Waals surface area contributed by atoms with Crippen LogP contribution in [0.4, 0.5) is 5.00 Å². The highest BCUT2D eigenvalue weighted by atomic mass is 79.9. The first kappa shape index (κ1) is 21.8. The van der Waals surface area contributed by atoms with Crippen molar-refractivity contribution in [2.24, 2.45) is 0 Å². The van der Waals surface area contributed by atoms with Crippen LogP contribution in [0, 0.1) is 0 Å². The predicted octanol–water partition coefficient (Wildman–Crippen LogP) is 5.02. The Balaban J connectivity index is 1.70. The summed E-state index contributed by atoms with van der Waals surface area (Å²) < 4.78 is 10.9. The third-order valence-corrected chi connectivity index (χ3v) is 6.42. The summed E-state index contributed by atoms with van der Waals surface area (Å²) in [6, 6.07) is 4.78. The molecule has 1 aliphatic carbocycles. The highest BCUT2D eigenvalue weighted by Gasteiger charge is 2.27. The minimum Gasteiger partial charge on any atom is -0.462 e. The van der Waals surface area contributed by atoms with Crippen molar-refractivity contribution in [3.8, 4) is 0 Å². The highest BCUT2D eigenvalue weighted by Crippen LogP contribution is 2.38. The van der Waals surface area contributed by atoms with E-state index in [0.717, 1.165) is 36.1 Å². The highest BCUT2D eigenvalue weighted by molar-refractivity contribution is 9.10. The molecule has 0 aliphatic heterocycles. The van der Waals surface area contributed by atoms with Gasteiger partial charge in [0.1, 0.15) is 5.00 Å². The number of anilines is 1. The van der Waals surface area contributed by atoms with Gasteiger partial charge in [0, 0.05) is 9.35 Å². The number of aryl methyl sites for hydroxylation is 1. The van der Waals surface area contributed by atoms with Gasteiger partial charge in [-0.2, -0.15) is 0 Å². The van der Waals surface area contributed by atoms with Crippen molar-refractivity contribution in [1.82, 2.24) is 0 Å². The van der Waals surface area contributed by atoms with Crippen molar-refractivity contribution in [2.75, 3.05) is 18.5 Å². The second kappa shape index (κ2) is 9.73. The number of esters is 2. The fraction of sp³-hybridized carbons (Fsp3) is 0.350. The first-order valence-electron chi connectivity index (χ1n) is 9.14. The lowest BCUT2D eigenvalue weighted by Gasteiger charge is -2.12. The lowest BCUT2D eigenvalue weighted by atomic mass is 9.95. The maximum absolute atomic E-state index is 12.4. The van der Waals surface area contributed by atoms with Gasteiger partial charge in [0.05, 0.1) is 22.8 Å². The molecule has 0 unspecified atom stereocenters. The molecule has 1 N–H and O–H groups in total. The van der Waals surface area contributed by atoms with E-state index in [0.29, 0.717) is 15.0 Å². The molecule has 0 atom stereocenters. The van der Waals surface area contributed by atoms with E-state index in [9.17, 15) is 14.4 Å². The molecule has 0 bridgehead atoms. The van der Waals surface area contributed by atoms with Gasteiger partial charge in [-0.15, -0.1) is 11.3 Å². The first-order valence-corrected chi connectivity index (χ1v) is 11.1. The Bertz CT molecular complexity index is 959. The maximum atomic E-state index is 12.4. The molecule has 0 fully saturated rings. The lowest BCUT2D eigenvalue weighted by Crippen LogP contribution is -2.22. The van der Waals surface area contributed by atoms with Crippen molar-refractivity contribution in [1.29, 1.82) is 0 Å². The Morgan fingerprint density at radius 2 is 1.93 bits per heavy atom. The van der Waals surface area contributed by atoms with Crippen molar-refractivity contribution in [3.63, 3.8) is 0 Å². The van der Waals surface area contributed by atoms with Crippen LogP contribution in [0.5, 0.6) is 0 Å². The van der Waals surface area contributed by atoms with Gasteiger partial charge in [0.2, 0.25) is 0 Å². The van der Waals surface area contributed by atoms with E-state index in [1.165, 1.54) is 17.4 Å². The van der Waals surface area contributed by atoms with Crippen LogP contribution in [-0.4, -0.2) is 31.1 Å². The minimum atomic E-state index is -0.706. The average molecular weight is 501 g/mol. The van der Waals surface area contributed by atoms with E-state index in [2.05, 4.69) is 21.2 Å². The number of thiophene rings is 1. The third-order valence-electron chi connectivity index (χ3n) is 4.39. The molecular weight excluding hydrogens is 482 g/mol. The molecule has 1 aromatic heterocycles. The molecule has 2 aromatic rings. The molecule has 1 amide bonds. The first-order chi connectivity index (χ1) is 13.9. The molecule has 0 radical (unpaired) electrons. The fourth-order valence-corrected chi connectivity index (χ4v) is 4.95. The van der Waals surface area contributed by atoms with Crippen LogP contribution >= 0.6 is 38.9 Å². The maximum Gasteiger partial charge on any atom is 0.341 e. The number of nitrogens with one attached hydrogen (secondary N) is 1. The molecular formula is C20H19BrClNO5S. The van der Waals surface area contributed by atoms with Crippen LogP contribution < -0.4 is 5.32 Å². The van der Waals surface area contributed by atoms with Crippen LogP contribution in [0.1, 0.15) is 50.9 Å². The van der Waals surface area contributed by atoms with E-state index in [4.69, 9.17) is 21.1 Å². The number of carbonyl (C=O) groups excluding carboxylic acids is 3. The third kappa shape index (κ3) is 5.18. The number of hydrogen-bond donors (Lipinski definition) is 1. The van der Waals surface area contributed by atoms with Gasteiger partial charge in [-0.05, 0) is 56.4 Å². The van der Waals surface area contributed by atoms with Crippen LogP contribution in [0.15, 0.2) is 22.7 Å². The molecule has 9 heteroatoms. The summed E-state index contributed by atoms with van der Waals surface area (Å²) in [5.74, 6) is -1.68. The SMILES string of the molecule is CCOC(=O)c1c(NC(=O)COC(=O)c2cc(Br)ccc2Cl)sc2c1CCCC2. The minimum absolute atomic E-state index is 0.160. The zero-order valence-corrected chi connectivity index (χ0v) is 18.8. The standard InChI is InChI=1S/C20H19BrClNO5S/c1-2-27-20(26)17-12-5-3-4-6-15(12)29-18(17)23-16(24)10-28-19(25)13-9-11(21)7-8-14(13)22/h7-9H,2-6,10H2,1H3,(H,23,24). The summed E-state index contributed by atoms with van der Waals surface area (Å²) in [7, 11) is 0. The average Bonchev–Trinajstić information content (AvgIpc) is 3.06. The van der Waals surface area contributed by atoms with Gasteiger partial charge in [0.25, 0.3) is 5.91 Å². The Hall–Kier alpha value is -1.90. The summed E-state index contributed by atoms with van der Waals surface area (Å²) in [5.41, 5.74) is 1.53. The smallest absolute Gasteiger partial charge is 0.341 e. The Kier molecular flexibility index (Phi) is 7.32. The molecule has 29 heavy (non-hydrogen) atoms. The molecule has 1 aliphatic rings. The lowest BCUT2D eigenvalue weighted by molar-refractivity contribution is -0.119. The van der Waals surface area contributed by atoms with Crippen molar-refractivity contribution in [2.45, 2.75) is 32.6 Å². The van der Waals surface area contributed by atoms with E-state index in [-0.39, 0.29) is 17.2 Å². The molecule has 6 nitrogen and oxygen atoms in total. The topological polar surface area (TPSA) is 81.7 Å². The normalized spacial score (nSPS) is 12.8. The molecule has 154 valence electrons. The fourth-order valence-electron chi connectivity index (χ4n) is 3.10. The van der Waals surface area contributed by atoms with Crippen molar-refractivity contribution < 1.29 is 23.9 Å². The second-order valence-corrected chi connectivity index (χ2v) is 8.81. The van der Waals surface area contributed by atoms with E-state index in [1.54, 1.807) is 19.1 Å². The number of hydrogen-bond acceptors (Lipinski definition) is 6. The summed E-state index contributed by atoms with van der Waals surface area (Å²) in [5, 5.41) is 3.37. The Labute approximate surface area is 185 Å². The quantitative estimate of drug-likeness (QED) is 0.564. The Morgan fingerprint density at radius 3 is 2.69 bits per heavy atom. The zero-order chi connectivity index (χ0) is 21.0. The molecule has 0 spiro atoms. The molecule has 3 rings (SSSR count). The number of halogens is 2. The van der Waals surface area contributed by atoms with Crippen LogP contribution in [-0.2, 0) is 27.1 Å². The largest absolute Gasteiger partial charge is 0.462 e. The second-order valence-electron chi connectivity index (χ2n) is 6.38. The van der Waals surface area contributed by atoms with E-state index in [1.807, 2.05) is 0 Å². The molecule has 0 saturated carbocycles. The van der Waals surface area contributed by atoms with Gasteiger partial charge >= 0.3 is 11.9 Å². The number of fused-ring (bicyclic) bond motifs is 1. The monoisotopic (exact) mass is 499 g/mol. The number of carbonyl (C=O) groups is 3. The number of amides is 1. The Morgan fingerprint density at radius 1 is 1.17 bits per heavy atom. The predicted molar refractivity (Wildman–Crippen MR) is 115 cm³/mol. The number of ether oxygens (including phenoxy) is 2. The summed E-state index contributed by atoms with van der Waals surface area (Å²) in [4.78, 5) is 38.1. The summed E-state index contributed by atoms with van der Waals surface area (Å²) in [6.45, 7) is 1.50. The summed E-state index contributed by atoms with van der Waals surface area (Å²) in [6.07, 6.45) is 3.70. The van der Waals surface area contributed by atoms with E-state index >= 15 is 0 Å². The number of benzene rings is 1. The van der Waals surface area contributed by atoms with Crippen LogP contribution in [0.25, 0.3) is 0 Å². The van der Waals surface area contributed by atoms with Gasteiger partial charge in [-0.3, -0.25) is 4.79 Å². The van der Waals surface area contributed by atoms with Gasteiger partial charge in [0.15, 0.2) is 6.61 Å². The zero-order valence-electron chi connectivity index (χ0n) is 15.7. The van der Waals surface area contributed by atoms with E-state index < -0.39 is 24.5 Å². The van der Waals surface area contributed by atoms with Crippen LogP contribution in [0.2, 0.25) is 5.02 Å². The van der Waals surface area contributed by atoms with Gasteiger partial charge < -0.3 is 14.8 Å². The molecule has 0 saturated heterocycles. The molecule has 1 heterocycles. The van der Waals surface area contributed by atoms with Crippen LogP contribution in [0.3, 0.4) is 0 Å². The number of rotatable bonds is 6. The van der Waals surface area contributed by atoms with Crippen molar-refractivity contribution in [3.05, 3.63) is 49.3 Å².